The zero-order valence-electron chi connectivity index (χ0n) is 10.1. The molecule has 3 nitrogen and oxygen atoms in total. The molecular weight excluding hydrogens is 232 g/mol. The molecule has 0 aliphatic carbocycles. The van der Waals surface area contributed by atoms with Crippen molar-refractivity contribution in [2.24, 2.45) is 10.7 Å². The van der Waals surface area contributed by atoms with Crippen LogP contribution in [0.5, 0.6) is 0 Å². The lowest BCUT2D eigenvalue weighted by atomic mass is 9.88. The van der Waals surface area contributed by atoms with E-state index in [1.807, 2.05) is 24.3 Å². The number of amidine groups is 1. The lowest BCUT2D eigenvalue weighted by Gasteiger charge is -2.29. The van der Waals surface area contributed by atoms with Crippen LogP contribution in [-0.4, -0.2) is 16.7 Å². The summed E-state index contributed by atoms with van der Waals surface area (Å²) in [6, 6.07) is 7.68. The third-order valence-electron chi connectivity index (χ3n) is 3.09. The first-order valence-electron chi connectivity index (χ1n) is 5.61. The van der Waals surface area contributed by atoms with E-state index in [4.69, 9.17) is 5.73 Å². The summed E-state index contributed by atoms with van der Waals surface area (Å²) in [6.07, 6.45) is 0.944. The van der Waals surface area contributed by atoms with E-state index in [0.717, 1.165) is 23.3 Å². The number of carbonyl (C=O) groups is 1. The summed E-state index contributed by atoms with van der Waals surface area (Å²) in [5, 5.41) is 0.631. The van der Waals surface area contributed by atoms with Crippen molar-refractivity contribution in [1.29, 1.82) is 0 Å². The Morgan fingerprint density at radius 2 is 2.29 bits per heavy atom. The molecule has 0 fully saturated rings. The first-order chi connectivity index (χ1) is 8.01. The van der Waals surface area contributed by atoms with Crippen molar-refractivity contribution in [3.63, 3.8) is 0 Å². The van der Waals surface area contributed by atoms with Crippen molar-refractivity contribution in [1.82, 2.24) is 0 Å². The second-order valence-corrected chi connectivity index (χ2v) is 5.57. The van der Waals surface area contributed by atoms with Gasteiger partial charge in [-0.3, -0.25) is 9.79 Å². The highest BCUT2D eigenvalue weighted by atomic mass is 32.2. The quantitative estimate of drug-likeness (QED) is 0.818. The molecule has 1 heterocycles. The minimum atomic E-state index is -0.291. The molecule has 1 aromatic rings. The standard InChI is InChI=1S/C13H16N2OS/c1-9(16)10-4-3-5-11(8-10)13(2)6-7-17-12(14)15-13/h3-5,8H,6-7H2,1-2H3,(H2,14,15). The van der Waals surface area contributed by atoms with E-state index >= 15 is 0 Å². The van der Waals surface area contributed by atoms with Gasteiger partial charge in [-0.15, -0.1) is 0 Å². The number of Topliss-reactive ketones (excluding diaryl/α,β-unsaturated/α-hetero) is 1. The summed E-state index contributed by atoms with van der Waals surface area (Å²) < 4.78 is 0. The zero-order valence-corrected chi connectivity index (χ0v) is 10.9. The van der Waals surface area contributed by atoms with Crippen LogP contribution in [0.15, 0.2) is 29.3 Å². The van der Waals surface area contributed by atoms with E-state index in [-0.39, 0.29) is 11.3 Å². The highest BCUT2D eigenvalue weighted by Gasteiger charge is 2.29. The summed E-state index contributed by atoms with van der Waals surface area (Å²) >= 11 is 1.59. The van der Waals surface area contributed by atoms with E-state index in [1.165, 1.54) is 0 Å². The van der Waals surface area contributed by atoms with Crippen molar-refractivity contribution in [3.8, 4) is 0 Å². The molecule has 90 valence electrons. The molecule has 1 aromatic carbocycles. The van der Waals surface area contributed by atoms with Crippen LogP contribution < -0.4 is 5.73 Å². The molecule has 0 amide bonds. The van der Waals surface area contributed by atoms with Gasteiger partial charge in [0.2, 0.25) is 0 Å². The summed E-state index contributed by atoms with van der Waals surface area (Å²) in [6.45, 7) is 3.65. The van der Waals surface area contributed by atoms with Gasteiger partial charge in [-0.25, -0.2) is 0 Å². The molecule has 1 aliphatic rings. The third-order valence-corrected chi connectivity index (χ3v) is 3.88. The predicted molar refractivity (Wildman–Crippen MR) is 72.5 cm³/mol. The average Bonchev–Trinajstić information content (AvgIpc) is 2.29. The van der Waals surface area contributed by atoms with E-state index in [2.05, 4.69) is 11.9 Å². The van der Waals surface area contributed by atoms with Gasteiger partial charge in [-0.2, -0.15) is 0 Å². The summed E-state index contributed by atoms with van der Waals surface area (Å²) in [7, 11) is 0. The van der Waals surface area contributed by atoms with Crippen molar-refractivity contribution >= 4 is 22.7 Å². The minimum Gasteiger partial charge on any atom is -0.379 e. The molecule has 0 saturated carbocycles. The van der Waals surface area contributed by atoms with Crippen molar-refractivity contribution < 1.29 is 4.79 Å². The Balaban J connectivity index is 2.42. The smallest absolute Gasteiger partial charge is 0.159 e. The summed E-state index contributed by atoms with van der Waals surface area (Å²) in [5.74, 6) is 1.05. The topological polar surface area (TPSA) is 55.5 Å². The fourth-order valence-corrected chi connectivity index (χ4v) is 2.94. The molecule has 2 rings (SSSR count). The second kappa shape index (κ2) is 4.53. The molecule has 17 heavy (non-hydrogen) atoms. The van der Waals surface area contributed by atoms with Gasteiger partial charge in [-0.1, -0.05) is 30.0 Å². The number of carbonyl (C=O) groups excluding carboxylic acids is 1. The maximum atomic E-state index is 11.4. The lowest BCUT2D eigenvalue weighted by molar-refractivity contribution is 0.101. The Bertz CT molecular complexity index is 484. The Morgan fingerprint density at radius 1 is 1.53 bits per heavy atom. The maximum absolute atomic E-state index is 11.4. The van der Waals surface area contributed by atoms with E-state index in [1.54, 1.807) is 18.7 Å². The van der Waals surface area contributed by atoms with Crippen LogP contribution in [0, 0.1) is 0 Å². The largest absolute Gasteiger partial charge is 0.379 e. The number of benzene rings is 1. The van der Waals surface area contributed by atoms with E-state index in [9.17, 15) is 4.79 Å². The van der Waals surface area contributed by atoms with Gasteiger partial charge < -0.3 is 5.73 Å². The van der Waals surface area contributed by atoms with Crippen molar-refractivity contribution in [3.05, 3.63) is 35.4 Å². The van der Waals surface area contributed by atoms with Crippen molar-refractivity contribution in [2.45, 2.75) is 25.8 Å². The normalized spacial score (nSPS) is 24.2. The Morgan fingerprint density at radius 3 is 2.94 bits per heavy atom. The van der Waals surface area contributed by atoms with E-state index in [0.29, 0.717) is 5.17 Å². The second-order valence-electron chi connectivity index (χ2n) is 4.46. The van der Waals surface area contributed by atoms with Gasteiger partial charge >= 0.3 is 0 Å². The Kier molecular flexibility index (Phi) is 3.24. The number of nitrogens with zero attached hydrogens (tertiary/aromatic N) is 1. The molecule has 1 aliphatic heterocycles. The number of aliphatic imine (C=N–C) groups is 1. The molecule has 2 N–H and O–H groups in total. The molecule has 0 saturated heterocycles. The van der Waals surface area contributed by atoms with Gasteiger partial charge in [0.15, 0.2) is 11.0 Å². The number of rotatable bonds is 2. The number of ketones is 1. The van der Waals surface area contributed by atoms with Crippen LogP contribution in [0.1, 0.15) is 36.2 Å². The maximum Gasteiger partial charge on any atom is 0.159 e. The molecule has 0 spiro atoms. The molecule has 0 radical (unpaired) electrons. The van der Waals surface area contributed by atoms with E-state index < -0.39 is 0 Å². The average molecular weight is 248 g/mol. The monoisotopic (exact) mass is 248 g/mol. The Labute approximate surface area is 106 Å². The van der Waals surface area contributed by atoms with Crippen LogP contribution in [0.2, 0.25) is 0 Å². The number of hydrogen-bond donors (Lipinski definition) is 1. The molecule has 0 aromatic heterocycles. The van der Waals surface area contributed by atoms with Crippen LogP contribution in [0.4, 0.5) is 0 Å². The molecular formula is C13H16N2OS. The fraction of sp³-hybridized carbons (Fsp3) is 0.385. The number of thioether (sulfide) groups is 1. The van der Waals surface area contributed by atoms with Gasteiger partial charge in [0, 0.05) is 11.3 Å². The first-order valence-corrected chi connectivity index (χ1v) is 6.59. The Hall–Kier alpha value is -1.29. The van der Waals surface area contributed by atoms with Gasteiger partial charge in [-0.05, 0) is 31.9 Å². The predicted octanol–water partition coefficient (Wildman–Crippen LogP) is 2.56. The highest BCUT2D eigenvalue weighted by Crippen LogP contribution is 2.35. The minimum absolute atomic E-state index is 0.0811. The molecule has 4 heteroatoms. The van der Waals surface area contributed by atoms with Crippen LogP contribution in [0.25, 0.3) is 0 Å². The SMILES string of the molecule is CC(=O)c1cccc(C2(C)CCSC(N)=N2)c1. The molecule has 1 atom stereocenters. The number of nitrogens with two attached hydrogens (primary N) is 1. The first kappa shape index (κ1) is 12.2. The molecule has 0 bridgehead atoms. The zero-order chi connectivity index (χ0) is 12.5. The third kappa shape index (κ3) is 2.52. The van der Waals surface area contributed by atoms with Gasteiger partial charge in [0.05, 0.1) is 5.54 Å². The van der Waals surface area contributed by atoms with Crippen LogP contribution in [-0.2, 0) is 5.54 Å². The van der Waals surface area contributed by atoms with Crippen molar-refractivity contribution in [2.75, 3.05) is 5.75 Å². The lowest BCUT2D eigenvalue weighted by Crippen LogP contribution is -2.28. The van der Waals surface area contributed by atoms with Crippen LogP contribution >= 0.6 is 11.8 Å². The highest BCUT2D eigenvalue weighted by molar-refractivity contribution is 8.13. The summed E-state index contributed by atoms with van der Waals surface area (Å²) in [5.41, 5.74) is 7.30. The van der Waals surface area contributed by atoms with Gasteiger partial charge in [0.1, 0.15) is 0 Å². The summed E-state index contributed by atoms with van der Waals surface area (Å²) in [4.78, 5) is 15.9. The van der Waals surface area contributed by atoms with Crippen LogP contribution in [0.3, 0.4) is 0 Å². The fourth-order valence-electron chi connectivity index (χ4n) is 1.97. The molecule has 1 unspecified atom stereocenters. The number of hydrogen-bond acceptors (Lipinski definition) is 4. The van der Waals surface area contributed by atoms with Gasteiger partial charge in [0.25, 0.3) is 0 Å².